The van der Waals surface area contributed by atoms with E-state index in [4.69, 9.17) is 14.2 Å². The Bertz CT molecular complexity index is 608. The number of nitrogens with one attached hydrogen (secondary N) is 1. The van der Waals surface area contributed by atoms with Gasteiger partial charge in [0.05, 0.1) is 7.11 Å². The zero-order chi connectivity index (χ0) is 14.7. The number of phenols is 1. The van der Waals surface area contributed by atoms with Crippen molar-refractivity contribution in [2.24, 2.45) is 0 Å². The molecular weight excluding hydrogens is 270 g/mol. The van der Waals surface area contributed by atoms with Gasteiger partial charge in [-0.1, -0.05) is 0 Å². The molecule has 110 valence electrons. The SMILES string of the molecule is COc1cc(CNc2ccc(O)cc2)cc2c1OCCO2. The van der Waals surface area contributed by atoms with Crippen LogP contribution in [-0.4, -0.2) is 25.4 Å². The smallest absolute Gasteiger partial charge is 0.203 e. The van der Waals surface area contributed by atoms with E-state index < -0.39 is 0 Å². The number of phenolic OH excluding ortho intramolecular Hbond substituents is 1. The topological polar surface area (TPSA) is 60.0 Å². The van der Waals surface area contributed by atoms with Gasteiger partial charge in [0.25, 0.3) is 0 Å². The molecule has 5 heteroatoms. The normalized spacial score (nSPS) is 12.8. The van der Waals surface area contributed by atoms with E-state index >= 15 is 0 Å². The van der Waals surface area contributed by atoms with Crippen LogP contribution in [0.4, 0.5) is 5.69 Å². The molecule has 5 nitrogen and oxygen atoms in total. The Morgan fingerprint density at radius 1 is 1.14 bits per heavy atom. The predicted octanol–water partition coefficient (Wildman–Crippen LogP) is 2.78. The molecule has 0 aromatic heterocycles. The number of hydrogen-bond donors (Lipinski definition) is 2. The first-order valence-corrected chi connectivity index (χ1v) is 6.75. The van der Waals surface area contributed by atoms with Gasteiger partial charge in [-0.3, -0.25) is 0 Å². The highest BCUT2D eigenvalue weighted by atomic mass is 16.6. The lowest BCUT2D eigenvalue weighted by Gasteiger charge is -2.21. The fourth-order valence-corrected chi connectivity index (χ4v) is 2.21. The van der Waals surface area contributed by atoms with Gasteiger partial charge in [-0.05, 0) is 42.0 Å². The van der Waals surface area contributed by atoms with Crippen molar-refractivity contribution in [3.05, 3.63) is 42.0 Å². The molecule has 0 saturated heterocycles. The molecule has 0 amide bonds. The van der Waals surface area contributed by atoms with Gasteiger partial charge in [-0.15, -0.1) is 0 Å². The van der Waals surface area contributed by atoms with Crippen LogP contribution in [0.2, 0.25) is 0 Å². The standard InChI is InChI=1S/C16H17NO4/c1-19-14-8-11(9-15-16(14)21-7-6-20-15)10-17-12-2-4-13(18)5-3-12/h2-5,8-9,17-18H,6-7,10H2,1H3. The number of methoxy groups -OCH3 is 1. The van der Waals surface area contributed by atoms with Crippen LogP contribution < -0.4 is 19.5 Å². The van der Waals surface area contributed by atoms with E-state index in [0.29, 0.717) is 37.0 Å². The van der Waals surface area contributed by atoms with Crippen molar-refractivity contribution in [3.63, 3.8) is 0 Å². The summed E-state index contributed by atoms with van der Waals surface area (Å²) in [6, 6.07) is 10.8. The summed E-state index contributed by atoms with van der Waals surface area (Å²) in [6.45, 7) is 1.71. The van der Waals surface area contributed by atoms with Gasteiger partial charge in [0, 0.05) is 12.2 Å². The van der Waals surface area contributed by atoms with Crippen molar-refractivity contribution in [1.29, 1.82) is 0 Å². The number of rotatable bonds is 4. The lowest BCUT2D eigenvalue weighted by Crippen LogP contribution is -2.16. The molecule has 2 aromatic rings. The molecule has 2 aromatic carbocycles. The number of aromatic hydroxyl groups is 1. The maximum Gasteiger partial charge on any atom is 0.203 e. The molecule has 0 radical (unpaired) electrons. The Morgan fingerprint density at radius 2 is 1.90 bits per heavy atom. The average molecular weight is 287 g/mol. The zero-order valence-corrected chi connectivity index (χ0v) is 11.8. The van der Waals surface area contributed by atoms with Gasteiger partial charge in [-0.2, -0.15) is 0 Å². The van der Waals surface area contributed by atoms with Crippen LogP contribution in [-0.2, 0) is 6.54 Å². The first-order chi connectivity index (χ1) is 10.3. The zero-order valence-electron chi connectivity index (χ0n) is 11.8. The molecule has 0 saturated carbocycles. The number of hydrogen-bond acceptors (Lipinski definition) is 5. The Kier molecular flexibility index (Phi) is 3.73. The van der Waals surface area contributed by atoms with Gasteiger partial charge in [-0.25, -0.2) is 0 Å². The second-order valence-electron chi connectivity index (χ2n) is 4.72. The van der Waals surface area contributed by atoms with Crippen LogP contribution in [0, 0.1) is 0 Å². The van der Waals surface area contributed by atoms with E-state index in [1.54, 1.807) is 19.2 Å². The largest absolute Gasteiger partial charge is 0.508 e. The summed E-state index contributed by atoms with van der Waals surface area (Å²) in [7, 11) is 1.62. The van der Waals surface area contributed by atoms with E-state index in [0.717, 1.165) is 11.3 Å². The molecule has 0 fully saturated rings. The summed E-state index contributed by atoms with van der Waals surface area (Å²) in [5.41, 5.74) is 1.96. The van der Waals surface area contributed by atoms with Gasteiger partial charge in [0.15, 0.2) is 11.5 Å². The predicted molar refractivity (Wildman–Crippen MR) is 79.4 cm³/mol. The number of fused-ring (bicyclic) bond motifs is 1. The van der Waals surface area contributed by atoms with Crippen molar-refractivity contribution >= 4 is 5.69 Å². The molecule has 0 spiro atoms. The Balaban J connectivity index is 1.77. The summed E-state index contributed by atoms with van der Waals surface area (Å²) in [5.74, 6) is 2.30. The monoisotopic (exact) mass is 287 g/mol. The maximum absolute atomic E-state index is 9.27. The lowest BCUT2D eigenvalue weighted by atomic mass is 10.1. The van der Waals surface area contributed by atoms with E-state index in [1.807, 2.05) is 24.3 Å². The van der Waals surface area contributed by atoms with Crippen molar-refractivity contribution in [2.75, 3.05) is 25.6 Å². The fraction of sp³-hybridized carbons (Fsp3) is 0.250. The highest BCUT2D eigenvalue weighted by Gasteiger charge is 2.18. The molecule has 1 aliphatic rings. The van der Waals surface area contributed by atoms with Crippen molar-refractivity contribution < 1.29 is 19.3 Å². The molecule has 21 heavy (non-hydrogen) atoms. The summed E-state index contributed by atoms with van der Waals surface area (Å²) in [5, 5.41) is 12.6. The summed E-state index contributed by atoms with van der Waals surface area (Å²) < 4.78 is 16.5. The van der Waals surface area contributed by atoms with E-state index in [-0.39, 0.29) is 5.75 Å². The molecule has 0 unspecified atom stereocenters. The Hall–Kier alpha value is -2.56. The fourth-order valence-electron chi connectivity index (χ4n) is 2.21. The highest BCUT2D eigenvalue weighted by Crippen LogP contribution is 2.40. The summed E-state index contributed by atoms with van der Waals surface area (Å²) in [6.07, 6.45) is 0. The minimum absolute atomic E-state index is 0.251. The Morgan fingerprint density at radius 3 is 2.67 bits per heavy atom. The molecule has 1 aliphatic heterocycles. The number of anilines is 1. The van der Waals surface area contributed by atoms with E-state index in [2.05, 4.69) is 5.32 Å². The van der Waals surface area contributed by atoms with Gasteiger partial charge in [0.2, 0.25) is 5.75 Å². The van der Waals surface area contributed by atoms with E-state index in [1.165, 1.54) is 0 Å². The molecule has 3 rings (SSSR count). The van der Waals surface area contributed by atoms with E-state index in [9.17, 15) is 5.11 Å². The van der Waals surface area contributed by atoms with Gasteiger partial charge in [0.1, 0.15) is 19.0 Å². The van der Waals surface area contributed by atoms with Crippen LogP contribution in [0.5, 0.6) is 23.0 Å². The minimum atomic E-state index is 0.251. The summed E-state index contributed by atoms with van der Waals surface area (Å²) >= 11 is 0. The first-order valence-electron chi connectivity index (χ1n) is 6.75. The third-order valence-electron chi connectivity index (χ3n) is 3.25. The molecular formula is C16H17NO4. The van der Waals surface area contributed by atoms with Crippen LogP contribution in [0.3, 0.4) is 0 Å². The van der Waals surface area contributed by atoms with Crippen molar-refractivity contribution in [3.8, 4) is 23.0 Å². The van der Waals surface area contributed by atoms with Crippen molar-refractivity contribution in [1.82, 2.24) is 0 Å². The highest BCUT2D eigenvalue weighted by molar-refractivity contribution is 5.55. The van der Waals surface area contributed by atoms with Crippen LogP contribution >= 0.6 is 0 Å². The quantitative estimate of drug-likeness (QED) is 0.847. The molecule has 0 bridgehead atoms. The number of ether oxygens (including phenoxy) is 3. The Labute approximate surface area is 123 Å². The average Bonchev–Trinajstić information content (AvgIpc) is 2.53. The summed E-state index contributed by atoms with van der Waals surface area (Å²) in [4.78, 5) is 0. The van der Waals surface area contributed by atoms with Crippen LogP contribution in [0.1, 0.15) is 5.56 Å². The second kappa shape index (κ2) is 5.83. The maximum atomic E-state index is 9.27. The minimum Gasteiger partial charge on any atom is -0.508 e. The first kappa shape index (κ1) is 13.4. The molecule has 0 atom stereocenters. The van der Waals surface area contributed by atoms with Crippen LogP contribution in [0.25, 0.3) is 0 Å². The van der Waals surface area contributed by atoms with Crippen molar-refractivity contribution in [2.45, 2.75) is 6.54 Å². The molecule has 2 N–H and O–H groups in total. The molecule has 1 heterocycles. The second-order valence-corrected chi connectivity index (χ2v) is 4.72. The number of benzene rings is 2. The van der Waals surface area contributed by atoms with Gasteiger partial charge >= 0.3 is 0 Å². The third-order valence-corrected chi connectivity index (χ3v) is 3.25. The molecule has 0 aliphatic carbocycles. The lowest BCUT2D eigenvalue weighted by molar-refractivity contribution is 0.165. The van der Waals surface area contributed by atoms with Crippen LogP contribution in [0.15, 0.2) is 36.4 Å². The van der Waals surface area contributed by atoms with Gasteiger partial charge < -0.3 is 24.6 Å². The third kappa shape index (κ3) is 2.97.